The van der Waals surface area contributed by atoms with Gasteiger partial charge < -0.3 is 19.3 Å². The van der Waals surface area contributed by atoms with E-state index in [-0.39, 0.29) is 12.0 Å². The second-order valence-electron chi connectivity index (χ2n) is 7.03. The number of carbonyl (C=O) groups excluding carboxylic acids is 1. The third kappa shape index (κ3) is 4.03. The van der Waals surface area contributed by atoms with Gasteiger partial charge >= 0.3 is 0 Å². The van der Waals surface area contributed by atoms with E-state index in [0.29, 0.717) is 18.9 Å². The average Bonchev–Trinajstić information content (AvgIpc) is 3.26. The first kappa shape index (κ1) is 18.9. The van der Waals surface area contributed by atoms with Gasteiger partial charge in [0.25, 0.3) is 0 Å². The van der Waals surface area contributed by atoms with Gasteiger partial charge in [0.2, 0.25) is 5.91 Å². The normalized spacial score (nSPS) is 15.6. The molecule has 4 rings (SSSR count). The van der Waals surface area contributed by atoms with Crippen molar-refractivity contribution >= 4 is 12.0 Å². The maximum atomic E-state index is 12.3. The van der Waals surface area contributed by atoms with Crippen LogP contribution in [-0.4, -0.2) is 34.9 Å². The number of amides is 1. The molecule has 2 aromatic heterocycles. The molecular formula is C22H23N3O4. The minimum absolute atomic E-state index is 0.186. The van der Waals surface area contributed by atoms with E-state index in [9.17, 15) is 4.79 Å². The zero-order valence-corrected chi connectivity index (χ0v) is 16.6. The molecule has 1 atom stereocenters. The second kappa shape index (κ2) is 7.87. The fourth-order valence-electron chi connectivity index (χ4n) is 3.37. The van der Waals surface area contributed by atoms with Gasteiger partial charge in [0, 0.05) is 23.5 Å². The Morgan fingerprint density at radius 1 is 1.24 bits per heavy atom. The maximum absolute atomic E-state index is 12.3. The van der Waals surface area contributed by atoms with E-state index in [1.54, 1.807) is 6.08 Å². The SMILES string of the molecule is Cc1cc(-n2c(C)cc(/C=C\C(=O)NC[C@@H]3COc4ccccc4O3)c2C)no1. The topological polar surface area (TPSA) is 78.5 Å². The number of nitrogens with one attached hydrogen (secondary N) is 1. The van der Waals surface area contributed by atoms with Crippen molar-refractivity contribution in [1.29, 1.82) is 0 Å². The van der Waals surface area contributed by atoms with Crippen LogP contribution in [0.2, 0.25) is 0 Å². The highest BCUT2D eigenvalue weighted by molar-refractivity contribution is 5.91. The van der Waals surface area contributed by atoms with Crippen molar-refractivity contribution in [2.24, 2.45) is 0 Å². The van der Waals surface area contributed by atoms with Crippen LogP contribution < -0.4 is 14.8 Å². The highest BCUT2D eigenvalue weighted by Gasteiger charge is 2.20. The quantitative estimate of drug-likeness (QED) is 0.673. The summed E-state index contributed by atoms with van der Waals surface area (Å²) in [6.07, 6.45) is 3.11. The Morgan fingerprint density at radius 3 is 2.79 bits per heavy atom. The predicted molar refractivity (Wildman–Crippen MR) is 108 cm³/mol. The van der Waals surface area contributed by atoms with E-state index in [1.165, 1.54) is 6.08 Å². The van der Waals surface area contributed by atoms with Gasteiger partial charge in [-0.05, 0) is 50.6 Å². The number of rotatable bonds is 5. The van der Waals surface area contributed by atoms with Gasteiger partial charge in [-0.3, -0.25) is 9.36 Å². The van der Waals surface area contributed by atoms with Gasteiger partial charge in [-0.2, -0.15) is 0 Å². The van der Waals surface area contributed by atoms with Crippen molar-refractivity contribution in [1.82, 2.24) is 15.0 Å². The number of carbonyl (C=O) groups is 1. The predicted octanol–water partition coefficient (Wildman–Crippen LogP) is 3.36. The van der Waals surface area contributed by atoms with Crippen LogP contribution in [-0.2, 0) is 4.79 Å². The minimum atomic E-state index is -0.220. The van der Waals surface area contributed by atoms with Crippen molar-refractivity contribution in [3.8, 4) is 17.3 Å². The van der Waals surface area contributed by atoms with Crippen LogP contribution in [0.4, 0.5) is 0 Å². The first-order chi connectivity index (χ1) is 14.0. The molecule has 1 N–H and O–H groups in total. The molecule has 150 valence electrons. The zero-order valence-electron chi connectivity index (χ0n) is 16.6. The Kier molecular flexibility index (Phi) is 5.12. The van der Waals surface area contributed by atoms with E-state index in [0.717, 1.165) is 34.3 Å². The number of hydrogen-bond donors (Lipinski definition) is 1. The smallest absolute Gasteiger partial charge is 0.244 e. The lowest BCUT2D eigenvalue weighted by Crippen LogP contribution is -2.40. The third-order valence-corrected chi connectivity index (χ3v) is 4.80. The first-order valence-electron chi connectivity index (χ1n) is 9.48. The van der Waals surface area contributed by atoms with Gasteiger partial charge in [0.05, 0.1) is 6.54 Å². The fraction of sp³-hybridized carbons (Fsp3) is 0.273. The zero-order chi connectivity index (χ0) is 20.4. The summed E-state index contributed by atoms with van der Waals surface area (Å²) in [5.41, 5.74) is 2.95. The molecule has 1 amide bonds. The number of aryl methyl sites for hydroxylation is 2. The number of para-hydroxylation sites is 2. The van der Waals surface area contributed by atoms with Gasteiger partial charge in [-0.25, -0.2) is 0 Å². The minimum Gasteiger partial charge on any atom is -0.486 e. The highest BCUT2D eigenvalue weighted by Crippen LogP contribution is 2.30. The van der Waals surface area contributed by atoms with E-state index in [1.807, 2.05) is 61.7 Å². The summed E-state index contributed by atoms with van der Waals surface area (Å²) >= 11 is 0. The fourth-order valence-corrected chi connectivity index (χ4v) is 3.37. The van der Waals surface area contributed by atoms with E-state index in [2.05, 4.69) is 10.5 Å². The third-order valence-electron chi connectivity index (χ3n) is 4.80. The summed E-state index contributed by atoms with van der Waals surface area (Å²) in [7, 11) is 0. The molecule has 7 heteroatoms. The maximum Gasteiger partial charge on any atom is 0.244 e. The van der Waals surface area contributed by atoms with E-state index in [4.69, 9.17) is 14.0 Å². The molecule has 0 spiro atoms. The van der Waals surface area contributed by atoms with Crippen LogP contribution in [0.5, 0.6) is 11.5 Å². The molecule has 0 fully saturated rings. The van der Waals surface area contributed by atoms with Crippen molar-refractivity contribution < 1.29 is 18.8 Å². The number of aromatic nitrogens is 2. The van der Waals surface area contributed by atoms with Crippen LogP contribution in [0.1, 0.15) is 22.7 Å². The monoisotopic (exact) mass is 393 g/mol. The molecule has 7 nitrogen and oxygen atoms in total. The Bertz CT molecular complexity index is 1060. The van der Waals surface area contributed by atoms with Crippen molar-refractivity contribution in [3.05, 3.63) is 65.2 Å². The molecule has 0 unspecified atom stereocenters. The van der Waals surface area contributed by atoms with Crippen molar-refractivity contribution in [2.45, 2.75) is 26.9 Å². The van der Waals surface area contributed by atoms with Crippen LogP contribution in [0.25, 0.3) is 11.9 Å². The molecule has 29 heavy (non-hydrogen) atoms. The van der Waals surface area contributed by atoms with Crippen LogP contribution >= 0.6 is 0 Å². The van der Waals surface area contributed by atoms with Crippen LogP contribution in [0.15, 0.2) is 47.0 Å². The van der Waals surface area contributed by atoms with Gasteiger partial charge in [-0.1, -0.05) is 17.3 Å². The lowest BCUT2D eigenvalue weighted by Gasteiger charge is -2.26. The molecule has 3 aromatic rings. The summed E-state index contributed by atoms with van der Waals surface area (Å²) in [6.45, 7) is 6.61. The summed E-state index contributed by atoms with van der Waals surface area (Å²) in [6, 6.07) is 11.4. The first-order valence-corrected chi connectivity index (χ1v) is 9.48. The summed E-state index contributed by atoms with van der Waals surface area (Å²) < 4.78 is 18.7. The van der Waals surface area contributed by atoms with Gasteiger partial charge in [-0.15, -0.1) is 0 Å². The van der Waals surface area contributed by atoms with Crippen molar-refractivity contribution in [3.63, 3.8) is 0 Å². The number of ether oxygens (including phenoxy) is 2. The second-order valence-corrected chi connectivity index (χ2v) is 7.03. The average molecular weight is 393 g/mol. The summed E-state index contributed by atoms with van der Waals surface area (Å²) in [5.74, 6) is 2.73. The lowest BCUT2D eigenvalue weighted by atomic mass is 10.2. The molecular weight excluding hydrogens is 370 g/mol. The Labute approximate surface area is 168 Å². The van der Waals surface area contributed by atoms with Crippen LogP contribution in [0.3, 0.4) is 0 Å². The lowest BCUT2D eigenvalue weighted by molar-refractivity contribution is -0.116. The molecule has 0 radical (unpaired) electrons. The molecule has 0 aliphatic carbocycles. The number of nitrogens with zero attached hydrogens (tertiary/aromatic N) is 2. The van der Waals surface area contributed by atoms with Crippen molar-refractivity contribution in [2.75, 3.05) is 13.2 Å². The Morgan fingerprint density at radius 2 is 2.03 bits per heavy atom. The van der Waals surface area contributed by atoms with Crippen LogP contribution in [0, 0.1) is 20.8 Å². The Balaban J connectivity index is 1.37. The van der Waals surface area contributed by atoms with E-state index < -0.39 is 0 Å². The largest absolute Gasteiger partial charge is 0.486 e. The summed E-state index contributed by atoms with van der Waals surface area (Å²) in [4.78, 5) is 12.3. The Hall–Kier alpha value is -3.48. The molecule has 3 heterocycles. The number of hydrogen-bond acceptors (Lipinski definition) is 5. The molecule has 0 saturated heterocycles. The molecule has 1 aliphatic heterocycles. The van der Waals surface area contributed by atoms with Gasteiger partial charge in [0.1, 0.15) is 18.5 Å². The number of fused-ring (bicyclic) bond motifs is 1. The molecule has 0 bridgehead atoms. The number of benzene rings is 1. The molecule has 1 aromatic carbocycles. The van der Waals surface area contributed by atoms with Gasteiger partial charge in [0.15, 0.2) is 17.3 Å². The standard InChI is InChI=1S/C22H23N3O4/c1-14-10-17(16(3)25(14)21-11-15(2)29-24-21)8-9-22(26)23-12-18-13-27-19-6-4-5-7-20(19)28-18/h4-11,18H,12-13H2,1-3H3,(H,23,26)/b9-8-/t18-/m1/s1. The summed E-state index contributed by atoms with van der Waals surface area (Å²) in [5, 5.41) is 6.94. The molecule has 0 saturated carbocycles. The van der Waals surface area contributed by atoms with E-state index >= 15 is 0 Å². The highest BCUT2D eigenvalue weighted by atomic mass is 16.6. The molecule has 1 aliphatic rings.